The number of aromatic amines is 1. The summed E-state index contributed by atoms with van der Waals surface area (Å²) in [6, 6.07) is 9.01. The number of H-pyrrole nitrogens is 1. The molecule has 0 aliphatic carbocycles. The molecule has 0 amide bonds. The molecule has 2 rings (SSSR count). The van der Waals surface area contributed by atoms with Gasteiger partial charge in [-0.05, 0) is 11.6 Å². The van der Waals surface area contributed by atoms with Crippen LogP contribution in [0.3, 0.4) is 0 Å². The maximum Gasteiger partial charge on any atom is 0.328 e. The summed E-state index contributed by atoms with van der Waals surface area (Å²) in [5.74, 6) is 0.750. The van der Waals surface area contributed by atoms with Gasteiger partial charge in [0.1, 0.15) is 0 Å². The van der Waals surface area contributed by atoms with Crippen molar-refractivity contribution in [2.75, 3.05) is 6.54 Å². The Balaban J connectivity index is 1.76. The first kappa shape index (κ1) is 14.9. The lowest BCUT2D eigenvalue weighted by Crippen LogP contribution is -2.30. The van der Waals surface area contributed by atoms with Crippen molar-refractivity contribution in [2.45, 2.75) is 12.3 Å². The van der Waals surface area contributed by atoms with Gasteiger partial charge in [0.2, 0.25) is 0 Å². The number of nitrogens with one attached hydrogen (secondary N) is 2. The van der Waals surface area contributed by atoms with E-state index in [0.717, 1.165) is 16.3 Å². The second kappa shape index (κ2) is 7.33. The Morgan fingerprint density at radius 3 is 2.80 bits per heavy atom. The van der Waals surface area contributed by atoms with Crippen molar-refractivity contribution >= 4 is 23.5 Å². The smallest absolute Gasteiger partial charge is 0.299 e. The number of rotatable bonds is 6. The van der Waals surface area contributed by atoms with Gasteiger partial charge in [0.25, 0.3) is 5.56 Å². The Bertz CT molecular complexity index is 684. The molecule has 0 radical (unpaired) electrons. The number of benzene rings is 1. The minimum atomic E-state index is -0.393. The molecule has 0 aliphatic heterocycles. The minimum absolute atomic E-state index is 0.382. The van der Waals surface area contributed by atoms with Crippen molar-refractivity contribution in [2.24, 2.45) is 0 Å². The number of hydrogen-bond acceptors (Lipinski definition) is 4. The summed E-state index contributed by atoms with van der Waals surface area (Å²) in [7, 11) is 0. The molecule has 2 N–H and O–H groups in total. The van der Waals surface area contributed by atoms with Crippen LogP contribution in [0.2, 0.25) is 5.02 Å². The summed E-state index contributed by atoms with van der Waals surface area (Å²) < 4.78 is 4.61. The number of aromatic nitrogens is 2. The van der Waals surface area contributed by atoms with Gasteiger partial charge in [-0.2, -0.15) is 0 Å². The Hall–Kier alpha value is -1.50. The Kier molecular flexibility index (Phi) is 5.46. The van der Waals surface area contributed by atoms with E-state index in [4.69, 9.17) is 11.6 Å². The molecule has 0 aliphatic rings. The van der Waals surface area contributed by atoms with Gasteiger partial charge >= 0.3 is 5.69 Å². The summed E-state index contributed by atoms with van der Waals surface area (Å²) in [4.78, 5) is 24.5. The van der Waals surface area contributed by atoms with Gasteiger partial charge in [-0.15, -0.1) is 0 Å². The van der Waals surface area contributed by atoms with Crippen LogP contribution < -0.4 is 16.0 Å². The van der Waals surface area contributed by atoms with Crippen molar-refractivity contribution in [3.63, 3.8) is 0 Å². The number of nitrogens with zero attached hydrogens (tertiary/aromatic N) is 1. The zero-order valence-electron chi connectivity index (χ0n) is 10.6. The monoisotopic (exact) mass is 311 g/mol. The second-order valence-electron chi connectivity index (χ2n) is 4.08. The lowest BCUT2D eigenvalue weighted by Gasteiger charge is -2.07. The van der Waals surface area contributed by atoms with Crippen LogP contribution in [0, 0.1) is 0 Å². The topological polar surface area (TPSA) is 66.9 Å². The molecule has 0 saturated carbocycles. The molecular weight excluding hydrogens is 298 g/mol. The highest BCUT2D eigenvalue weighted by atomic mass is 35.5. The zero-order valence-corrected chi connectivity index (χ0v) is 12.2. The van der Waals surface area contributed by atoms with Crippen LogP contribution in [-0.4, -0.2) is 16.1 Å². The van der Waals surface area contributed by atoms with Gasteiger partial charge in [-0.1, -0.05) is 41.7 Å². The van der Waals surface area contributed by atoms with E-state index in [1.807, 2.05) is 24.3 Å². The van der Waals surface area contributed by atoms with Crippen LogP contribution in [-0.2, 0) is 12.3 Å². The average molecular weight is 312 g/mol. The molecule has 20 heavy (non-hydrogen) atoms. The predicted octanol–water partition coefficient (Wildman–Crippen LogP) is 1.63. The molecule has 5 nitrogen and oxygen atoms in total. The van der Waals surface area contributed by atoms with Crippen molar-refractivity contribution in [3.8, 4) is 0 Å². The highest BCUT2D eigenvalue weighted by Crippen LogP contribution is 2.18. The van der Waals surface area contributed by atoms with Crippen molar-refractivity contribution in [3.05, 3.63) is 68.0 Å². The van der Waals surface area contributed by atoms with Crippen LogP contribution in [0.4, 0.5) is 0 Å². The van der Waals surface area contributed by atoms with Gasteiger partial charge < -0.3 is 0 Å². The average Bonchev–Trinajstić information content (AvgIpc) is 2.42. The third kappa shape index (κ3) is 4.26. The van der Waals surface area contributed by atoms with Crippen LogP contribution in [0.5, 0.6) is 0 Å². The molecule has 2 aromatic rings. The first-order chi connectivity index (χ1) is 9.66. The zero-order chi connectivity index (χ0) is 14.4. The number of hydrogen-bond donors (Lipinski definition) is 2. The quantitative estimate of drug-likeness (QED) is 0.628. The van der Waals surface area contributed by atoms with E-state index >= 15 is 0 Å². The van der Waals surface area contributed by atoms with E-state index in [1.165, 1.54) is 28.8 Å². The molecule has 1 aromatic heterocycles. The van der Waals surface area contributed by atoms with Gasteiger partial charge in [0.05, 0.1) is 0 Å². The molecule has 0 spiro atoms. The third-order valence-corrected chi connectivity index (χ3v) is 3.87. The van der Waals surface area contributed by atoms with E-state index in [1.54, 1.807) is 0 Å². The summed E-state index contributed by atoms with van der Waals surface area (Å²) in [5, 5.41) is 0.749. The fourth-order valence-corrected chi connectivity index (χ4v) is 2.63. The van der Waals surface area contributed by atoms with Gasteiger partial charge in [-0.25, -0.2) is 4.79 Å². The maximum atomic E-state index is 11.4. The van der Waals surface area contributed by atoms with Gasteiger partial charge in [0, 0.05) is 36.1 Å². The minimum Gasteiger partial charge on any atom is -0.299 e. The molecule has 7 heteroatoms. The summed E-state index contributed by atoms with van der Waals surface area (Å²) in [6.07, 6.45) is 1.49. The fraction of sp³-hybridized carbons (Fsp3) is 0.231. The molecule has 0 fully saturated rings. The predicted molar refractivity (Wildman–Crippen MR) is 82.1 cm³/mol. The molecule has 0 unspecified atom stereocenters. The highest BCUT2D eigenvalue weighted by Gasteiger charge is 1.99. The number of halogens is 1. The highest BCUT2D eigenvalue weighted by molar-refractivity contribution is 7.96. The van der Waals surface area contributed by atoms with E-state index in [2.05, 4.69) is 9.71 Å². The van der Waals surface area contributed by atoms with Gasteiger partial charge in [0.15, 0.2) is 0 Å². The second-order valence-corrected chi connectivity index (χ2v) is 5.35. The standard InChI is InChI=1S/C13H14ClN3O2S/c14-11-4-2-1-3-10(11)9-20-15-6-8-17-7-5-12(18)16-13(17)19/h1-5,7,15H,6,8-9H2,(H,16,18,19). The maximum absolute atomic E-state index is 11.4. The first-order valence-corrected chi connectivity index (χ1v) is 7.41. The lowest BCUT2D eigenvalue weighted by molar-refractivity contribution is 0.640. The summed E-state index contributed by atoms with van der Waals surface area (Å²) in [5.41, 5.74) is 0.288. The SMILES string of the molecule is O=c1ccn(CCNSCc2ccccc2Cl)c(=O)[nH]1. The van der Waals surface area contributed by atoms with Crippen LogP contribution in [0.25, 0.3) is 0 Å². The van der Waals surface area contributed by atoms with E-state index in [0.29, 0.717) is 13.1 Å². The molecular formula is C13H14ClN3O2S. The molecule has 0 bridgehead atoms. The molecule has 106 valence electrons. The van der Waals surface area contributed by atoms with Crippen LogP contribution >= 0.6 is 23.5 Å². The Morgan fingerprint density at radius 1 is 1.25 bits per heavy atom. The van der Waals surface area contributed by atoms with E-state index < -0.39 is 5.69 Å². The molecule has 1 heterocycles. The van der Waals surface area contributed by atoms with Crippen LogP contribution in [0.15, 0.2) is 46.1 Å². The lowest BCUT2D eigenvalue weighted by atomic mass is 10.2. The first-order valence-electron chi connectivity index (χ1n) is 6.04. The fourth-order valence-electron chi connectivity index (χ4n) is 1.60. The van der Waals surface area contributed by atoms with Crippen LogP contribution in [0.1, 0.15) is 5.56 Å². The summed E-state index contributed by atoms with van der Waals surface area (Å²) >= 11 is 7.58. The summed E-state index contributed by atoms with van der Waals surface area (Å²) in [6.45, 7) is 1.10. The molecule has 0 saturated heterocycles. The molecule has 1 aromatic carbocycles. The van der Waals surface area contributed by atoms with Gasteiger partial charge in [-0.3, -0.25) is 19.1 Å². The van der Waals surface area contributed by atoms with Crippen molar-refractivity contribution < 1.29 is 0 Å². The van der Waals surface area contributed by atoms with E-state index in [-0.39, 0.29) is 5.56 Å². The van der Waals surface area contributed by atoms with Crippen molar-refractivity contribution in [1.29, 1.82) is 0 Å². The normalized spacial score (nSPS) is 10.7. The Labute approximate surface area is 125 Å². The van der Waals surface area contributed by atoms with E-state index in [9.17, 15) is 9.59 Å². The van der Waals surface area contributed by atoms with Crippen molar-refractivity contribution in [1.82, 2.24) is 14.3 Å². The largest absolute Gasteiger partial charge is 0.328 e. The third-order valence-electron chi connectivity index (χ3n) is 2.64. The Morgan fingerprint density at radius 2 is 2.05 bits per heavy atom. The molecule has 0 atom stereocenters.